The standard InChI is InChI=1S/C17H18ClN7O/c1-12-19-8-9-25(12)16-10-15(22-11-23-16)20-6-7-21-17(26)24-14-4-2-13(18)3-5-14/h2-5,8-11H,6-7H2,1H3,(H,20,22,23)(H2,21,24,26). The molecular formula is C17H18ClN7O. The number of halogens is 1. The quantitative estimate of drug-likeness (QED) is 0.579. The van der Waals surface area contributed by atoms with Crippen LogP contribution in [0.4, 0.5) is 16.3 Å². The first-order chi connectivity index (χ1) is 12.6. The molecule has 0 unspecified atom stereocenters. The Morgan fingerprint density at radius 2 is 1.96 bits per heavy atom. The molecule has 0 spiro atoms. The summed E-state index contributed by atoms with van der Waals surface area (Å²) in [5, 5.41) is 9.26. The van der Waals surface area contributed by atoms with Gasteiger partial charge in [0.2, 0.25) is 0 Å². The maximum atomic E-state index is 11.8. The van der Waals surface area contributed by atoms with Crippen molar-refractivity contribution in [3.05, 3.63) is 59.9 Å². The smallest absolute Gasteiger partial charge is 0.319 e. The predicted molar refractivity (Wildman–Crippen MR) is 101 cm³/mol. The number of aromatic nitrogens is 4. The minimum absolute atomic E-state index is 0.286. The summed E-state index contributed by atoms with van der Waals surface area (Å²) in [5.74, 6) is 2.24. The molecule has 0 atom stereocenters. The molecule has 8 nitrogen and oxygen atoms in total. The topological polar surface area (TPSA) is 96.8 Å². The molecular weight excluding hydrogens is 354 g/mol. The van der Waals surface area contributed by atoms with Crippen molar-refractivity contribution >= 4 is 29.1 Å². The number of benzene rings is 1. The third-order valence-electron chi connectivity index (χ3n) is 3.54. The molecule has 3 N–H and O–H groups in total. The van der Waals surface area contributed by atoms with Gasteiger partial charge in [-0.1, -0.05) is 11.6 Å². The molecule has 0 radical (unpaired) electrons. The first-order valence-electron chi connectivity index (χ1n) is 7.98. The Labute approximate surface area is 155 Å². The van der Waals surface area contributed by atoms with Crippen LogP contribution in [0.25, 0.3) is 5.82 Å². The van der Waals surface area contributed by atoms with Gasteiger partial charge in [0.15, 0.2) is 0 Å². The molecule has 0 aliphatic carbocycles. The number of hydrogen-bond acceptors (Lipinski definition) is 5. The van der Waals surface area contributed by atoms with Gasteiger partial charge < -0.3 is 16.0 Å². The number of amides is 2. The summed E-state index contributed by atoms with van der Waals surface area (Å²) in [5.41, 5.74) is 0.677. The highest BCUT2D eigenvalue weighted by molar-refractivity contribution is 6.30. The Bertz CT molecular complexity index is 879. The second-order valence-electron chi connectivity index (χ2n) is 5.42. The number of urea groups is 1. The fourth-order valence-corrected chi connectivity index (χ4v) is 2.40. The van der Waals surface area contributed by atoms with Crippen LogP contribution in [0, 0.1) is 6.92 Å². The van der Waals surface area contributed by atoms with E-state index in [2.05, 4.69) is 30.9 Å². The molecule has 0 fully saturated rings. The molecule has 2 amide bonds. The van der Waals surface area contributed by atoms with E-state index in [1.807, 2.05) is 23.8 Å². The minimum Gasteiger partial charge on any atom is -0.368 e. The molecule has 26 heavy (non-hydrogen) atoms. The lowest BCUT2D eigenvalue weighted by Gasteiger charge is -2.10. The largest absolute Gasteiger partial charge is 0.368 e. The molecule has 3 aromatic rings. The number of anilines is 2. The number of nitrogens with zero attached hydrogens (tertiary/aromatic N) is 4. The zero-order valence-electron chi connectivity index (χ0n) is 14.1. The van der Waals surface area contributed by atoms with E-state index in [0.29, 0.717) is 29.6 Å². The maximum absolute atomic E-state index is 11.8. The van der Waals surface area contributed by atoms with E-state index < -0.39 is 0 Å². The van der Waals surface area contributed by atoms with Crippen molar-refractivity contribution in [3.63, 3.8) is 0 Å². The van der Waals surface area contributed by atoms with Crippen molar-refractivity contribution in [2.75, 3.05) is 23.7 Å². The van der Waals surface area contributed by atoms with Gasteiger partial charge in [0.25, 0.3) is 0 Å². The van der Waals surface area contributed by atoms with Crippen molar-refractivity contribution in [2.24, 2.45) is 0 Å². The van der Waals surface area contributed by atoms with E-state index in [9.17, 15) is 4.79 Å². The van der Waals surface area contributed by atoms with Crippen LogP contribution in [-0.2, 0) is 0 Å². The SMILES string of the molecule is Cc1nccn1-c1cc(NCCNC(=O)Nc2ccc(Cl)cc2)ncn1. The van der Waals surface area contributed by atoms with Crippen molar-refractivity contribution in [1.82, 2.24) is 24.8 Å². The number of carbonyl (C=O) groups excluding carboxylic acids is 1. The lowest BCUT2D eigenvalue weighted by molar-refractivity contribution is 0.252. The first kappa shape index (κ1) is 17.7. The number of imidazole rings is 1. The molecule has 0 aliphatic heterocycles. The Kier molecular flexibility index (Phi) is 5.65. The summed E-state index contributed by atoms with van der Waals surface area (Å²) in [6.45, 7) is 2.86. The van der Waals surface area contributed by atoms with Crippen LogP contribution in [0.2, 0.25) is 5.02 Å². The Morgan fingerprint density at radius 1 is 1.15 bits per heavy atom. The highest BCUT2D eigenvalue weighted by Crippen LogP contribution is 2.13. The van der Waals surface area contributed by atoms with Gasteiger partial charge in [0.05, 0.1) is 0 Å². The van der Waals surface area contributed by atoms with E-state index in [4.69, 9.17) is 11.6 Å². The van der Waals surface area contributed by atoms with E-state index >= 15 is 0 Å². The van der Waals surface area contributed by atoms with Gasteiger partial charge in [-0.15, -0.1) is 0 Å². The number of rotatable bonds is 6. The summed E-state index contributed by atoms with van der Waals surface area (Å²) in [4.78, 5) is 24.4. The molecule has 0 aliphatic rings. The van der Waals surface area contributed by atoms with Crippen molar-refractivity contribution in [2.45, 2.75) is 6.92 Å². The molecule has 0 saturated carbocycles. The van der Waals surface area contributed by atoms with Gasteiger partial charge in [-0.2, -0.15) is 0 Å². The van der Waals surface area contributed by atoms with Gasteiger partial charge in [-0.3, -0.25) is 4.57 Å². The van der Waals surface area contributed by atoms with Gasteiger partial charge in [0, 0.05) is 42.3 Å². The van der Waals surface area contributed by atoms with Crippen LogP contribution in [0.1, 0.15) is 5.82 Å². The molecule has 9 heteroatoms. The van der Waals surface area contributed by atoms with Crippen molar-refractivity contribution in [3.8, 4) is 5.82 Å². The third-order valence-corrected chi connectivity index (χ3v) is 3.80. The van der Waals surface area contributed by atoms with Crippen LogP contribution in [0.3, 0.4) is 0 Å². The lowest BCUT2D eigenvalue weighted by Crippen LogP contribution is -2.32. The molecule has 3 rings (SSSR count). The van der Waals surface area contributed by atoms with Crippen LogP contribution < -0.4 is 16.0 Å². The van der Waals surface area contributed by atoms with E-state index in [1.165, 1.54) is 6.33 Å². The number of carbonyl (C=O) groups is 1. The average molecular weight is 372 g/mol. The van der Waals surface area contributed by atoms with Gasteiger partial charge in [0.1, 0.15) is 23.8 Å². The lowest BCUT2D eigenvalue weighted by atomic mass is 10.3. The molecule has 2 aromatic heterocycles. The van der Waals surface area contributed by atoms with Crippen LogP contribution in [0.15, 0.2) is 49.1 Å². The van der Waals surface area contributed by atoms with Crippen LogP contribution >= 0.6 is 11.6 Å². The minimum atomic E-state index is -0.286. The number of nitrogens with one attached hydrogen (secondary N) is 3. The van der Waals surface area contributed by atoms with Crippen molar-refractivity contribution in [1.29, 1.82) is 0 Å². The van der Waals surface area contributed by atoms with Gasteiger partial charge in [-0.05, 0) is 31.2 Å². The fourth-order valence-electron chi connectivity index (χ4n) is 2.27. The zero-order valence-corrected chi connectivity index (χ0v) is 14.9. The number of hydrogen-bond donors (Lipinski definition) is 3. The Morgan fingerprint density at radius 3 is 2.69 bits per heavy atom. The van der Waals surface area contributed by atoms with Crippen molar-refractivity contribution < 1.29 is 4.79 Å². The highest BCUT2D eigenvalue weighted by atomic mass is 35.5. The molecule has 0 bridgehead atoms. The third kappa shape index (κ3) is 4.70. The van der Waals surface area contributed by atoms with E-state index in [0.717, 1.165) is 11.6 Å². The van der Waals surface area contributed by atoms with E-state index in [-0.39, 0.29) is 6.03 Å². The van der Waals surface area contributed by atoms with Crippen LogP contribution in [0.5, 0.6) is 0 Å². The summed E-state index contributed by atoms with van der Waals surface area (Å²) >= 11 is 5.81. The molecule has 1 aromatic carbocycles. The second kappa shape index (κ2) is 8.30. The summed E-state index contributed by atoms with van der Waals surface area (Å²) in [6.07, 6.45) is 5.04. The van der Waals surface area contributed by atoms with Crippen LogP contribution in [-0.4, -0.2) is 38.6 Å². The zero-order chi connectivity index (χ0) is 18.4. The highest BCUT2D eigenvalue weighted by Gasteiger charge is 2.04. The normalized spacial score (nSPS) is 10.4. The summed E-state index contributed by atoms with van der Waals surface area (Å²) in [6, 6.07) is 8.44. The monoisotopic (exact) mass is 371 g/mol. The maximum Gasteiger partial charge on any atom is 0.319 e. The fraction of sp³-hybridized carbons (Fsp3) is 0.176. The Hall–Kier alpha value is -3.13. The molecule has 0 saturated heterocycles. The summed E-state index contributed by atoms with van der Waals surface area (Å²) in [7, 11) is 0. The first-order valence-corrected chi connectivity index (χ1v) is 8.36. The second-order valence-corrected chi connectivity index (χ2v) is 5.86. The molecule has 2 heterocycles. The average Bonchev–Trinajstić information content (AvgIpc) is 3.07. The summed E-state index contributed by atoms with van der Waals surface area (Å²) < 4.78 is 1.87. The molecule has 134 valence electrons. The van der Waals surface area contributed by atoms with Gasteiger partial charge >= 0.3 is 6.03 Å². The number of aryl methyl sites for hydroxylation is 1. The van der Waals surface area contributed by atoms with E-state index in [1.54, 1.807) is 30.5 Å². The predicted octanol–water partition coefficient (Wildman–Crippen LogP) is 2.86. The van der Waals surface area contributed by atoms with Gasteiger partial charge in [-0.25, -0.2) is 19.7 Å². The Balaban J connectivity index is 1.46.